The van der Waals surface area contributed by atoms with Gasteiger partial charge in [-0.15, -0.1) is 0 Å². The molecule has 20 heavy (non-hydrogen) atoms. The van der Waals surface area contributed by atoms with Crippen LogP contribution in [0.5, 0.6) is 0 Å². The number of nitrogens with zero attached hydrogens (tertiary/aromatic N) is 2. The third-order valence-corrected chi connectivity index (χ3v) is 7.75. The Labute approximate surface area is 119 Å². The second-order valence-electron chi connectivity index (χ2n) is 6.37. The van der Waals surface area contributed by atoms with Crippen molar-refractivity contribution in [2.24, 2.45) is 7.05 Å². The van der Waals surface area contributed by atoms with E-state index < -0.39 is 15.4 Å². The van der Waals surface area contributed by atoms with E-state index in [1.54, 1.807) is 4.68 Å². The van der Waals surface area contributed by atoms with Gasteiger partial charge in [0.25, 0.3) is 0 Å². The van der Waals surface area contributed by atoms with Gasteiger partial charge in [0.1, 0.15) is 0 Å². The lowest BCUT2D eigenvalue weighted by atomic mass is 9.79. The molecule has 2 aliphatic heterocycles. The Balaban J connectivity index is 2.07. The highest BCUT2D eigenvalue weighted by Crippen LogP contribution is 2.47. The van der Waals surface area contributed by atoms with Crippen LogP contribution in [0.4, 0.5) is 0 Å². The van der Waals surface area contributed by atoms with Crippen LogP contribution in [0, 0.1) is 13.8 Å². The minimum absolute atomic E-state index is 0.319. The van der Waals surface area contributed by atoms with Crippen molar-refractivity contribution in [3.63, 3.8) is 0 Å². The van der Waals surface area contributed by atoms with Gasteiger partial charge < -0.3 is 5.11 Å². The number of hydrogen-bond donors (Lipinski definition) is 1. The molecule has 2 saturated heterocycles. The zero-order valence-electron chi connectivity index (χ0n) is 12.3. The Hall–Kier alpha value is -0.880. The third kappa shape index (κ3) is 1.84. The zero-order valence-corrected chi connectivity index (χ0v) is 13.1. The van der Waals surface area contributed by atoms with Crippen LogP contribution in [0.3, 0.4) is 0 Å². The Morgan fingerprint density at radius 1 is 1.25 bits per heavy atom. The van der Waals surface area contributed by atoms with Crippen molar-refractivity contribution in [3.05, 3.63) is 17.0 Å². The van der Waals surface area contributed by atoms with Crippen molar-refractivity contribution in [1.82, 2.24) is 9.78 Å². The minimum Gasteiger partial charge on any atom is -0.385 e. The largest absolute Gasteiger partial charge is 0.385 e. The van der Waals surface area contributed by atoms with Crippen molar-refractivity contribution in [1.29, 1.82) is 0 Å². The predicted octanol–water partition coefficient (Wildman–Crippen LogP) is 1.35. The van der Waals surface area contributed by atoms with Gasteiger partial charge in [0, 0.05) is 18.3 Å². The van der Waals surface area contributed by atoms with Gasteiger partial charge in [-0.1, -0.05) is 6.42 Å². The molecule has 3 heterocycles. The first-order chi connectivity index (χ1) is 9.25. The fourth-order valence-electron chi connectivity index (χ4n) is 4.10. The molecule has 112 valence electrons. The molecule has 2 aliphatic rings. The summed E-state index contributed by atoms with van der Waals surface area (Å²) in [6.45, 7) is 3.82. The molecular formula is C14H22N2O3S. The third-order valence-electron chi connectivity index (χ3n) is 5.09. The molecule has 0 aliphatic carbocycles. The number of sulfone groups is 1. The topological polar surface area (TPSA) is 72.2 Å². The maximum Gasteiger partial charge on any atom is 0.156 e. The lowest BCUT2D eigenvalue weighted by molar-refractivity contribution is 0.00382. The molecule has 1 N–H and O–H groups in total. The summed E-state index contributed by atoms with van der Waals surface area (Å²) in [6, 6.07) is 0. The Morgan fingerprint density at radius 2 is 1.80 bits per heavy atom. The van der Waals surface area contributed by atoms with E-state index in [4.69, 9.17) is 0 Å². The monoisotopic (exact) mass is 298 g/mol. The van der Waals surface area contributed by atoms with E-state index in [1.807, 2.05) is 20.9 Å². The van der Waals surface area contributed by atoms with E-state index in [-0.39, 0.29) is 10.5 Å². The van der Waals surface area contributed by atoms with Crippen molar-refractivity contribution in [2.45, 2.75) is 62.1 Å². The van der Waals surface area contributed by atoms with E-state index in [0.717, 1.165) is 23.4 Å². The predicted molar refractivity (Wildman–Crippen MR) is 76.2 cm³/mol. The molecule has 2 atom stereocenters. The SMILES string of the molecule is Cc1nn(C)c(C)c1C1(O)CC2CCCC(C1)S2(=O)=O. The Bertz CT molecular complexity index is 628. The summed E-state index contributed by atoms with van der Waals surface area (Å²) in [4.78, 5) is 0. The zero-order chi connectivity index (χ0) is 14.7. The van der Waals surface area contributed by atoms with Gasteiger partial charge in [-0.25, -0.2) is 8.42 Å². The molecule has 1 aromatic rings. The van der Waals surface area contributed by atoms with Gasteiger partial charge in [0.05, 0.1) is 21.8 Å². The van der Waals surface area contributed by atoms with Crippen molar-refractivity contribution in [3.8, 4) is 0 Å². The lowest BCUT2D eigenvalue weighted by Gasteiger charge is -2.44. The maximum atomic E-state index is 12.4. The maximum absolute atomic E-state index is 12.4. The fourth-order valence-corrected chi connectivity index (χ4v) is 6.65. The summed E-state index contributed by atoms with van der Waals surface area (Å²) in [5.74, 6) is 0. The standard InChI is InChI=1S/C14H22N2O3S/c1-9-13(10(2)16(3)15-9)14(17)7-11-5-4-6-12(8-14)20(11,18)19/h11-12,17H,4-8H2,1-3H3. The van der Waals surface area contributed by atoms with Crippen LogP contribution in [0.2, 0.25) is 0 Å². The van der Waals surface area contributed by atoms with Crippen LogP contribution >= 0.6 is 0 Å². The second kappa shape index (κ2) is 4.31. The first-order valence-electron chi connectivity index (χ1n) is 7.21. The summed E-state index contributed by atoms with van der Waals surface area (Å²) in [6.07, 6.45) is 2.95. The van der Waals surface area contributed by atoms with Crippen molar-refractivity contribution in [2.75, 3.05) is 0 Å². The lowest BCUT2D eigenvalue weighted by Crippen LogP contribution is -2.50. The number of fused-ring (bicyclic) bond motifs is 2. The van der Waals surface area contributed by atoms with Crippen LogP contribution in [-0.2, 0) is 22.5 Å². The average molecular weight is 298 g/mol. The van der Waals surface area contributed by atoms with E-state index in [9.17, 15) is 13.5 Å². The van der Waals surface area contributed by atoms with Crippen LogP contribution in [0.1, 0.15) is 49.1 Å². The van der Waals surface area contributed by atoms with Gasteiger partial charge in [0.2, 0.25) is 0 Å². The average Bonchev–Trinajstić information content (AvgIpc) is 2.56. The molecule has 0 amide bonds. The van der Waals surface area contributed by atoms with Crippen LogP contribution in [0.25, 0.3) is 0 Å². The molecule has 3 rings (SSSR count). The summed E-state index contributed by atoms with van der Waals surface area (Å²) in [5, 5.41) is 14.7. The van der Waals surface area contributed by atoms with E-state index in [0.29, 0.717) is 25.7 Å². The molecule has 0 aromatic carbocycles. The number of rotatable bonds is 1. The van der Waals surface area contributed by atoms with Gasteiger partial charge in [-0.2, -0.15) is 5.10 Å². The molecule has 0 radical (unpaired) electrons. The molecule has 2 bridgehead atoms. The minimum atomic E-state index is -3.05. The van der Waals surface area contributed by atoms with Gasteiger partial charge in [-0.05, 0) is 39.5 Å². The smallest absolute Gasteiger partial charge is 0.156 e. The molecule has 2 fully saturated rings. The molecular weight excluding hydrogens is 276 g/mol. The van der Waals surface area contributed by atoms with Crippen molar-refractivity contribution >= 4 is 9.84 Å². The molecule has 6 heteroatoms. The number of aliphatic hydroxyl groups is 1. The van der Waals surface area contributed by atoms with Crippen LogP contribution < -0.4 is 0 Å². The summed E-state index contributed by atoms with van der Waals surface area (Å²) < 4.78 is 26.5. The Kier molecular flexibility index (Phi) is 3.03. The molecule has 5 nitrogen and oxygen atoms in total. The molecule has 1 aromatic heterocycles. The highest BCUT2D eigenvalue weighted by Gasteiger charge is 2.52. The summed E-state index contributed by atoms with van der Waals surface area (Å²) >= 11 is 0. The number of hydrogen-bond acceptors (Lipinski definition) is 4. The molecule has 0 spiro atoms. The highest BCUT2D eigenvalue weighted by atomic mass is 32.2. The first-order valence-corrected chi connectivity index (χ1v) is 8.82. The quantitative estimate of drug-likeness (QED) is 0.849. The van der Waals surface area contributed by atoms with Gasteiger partial charge >= 0.3 is 0 Å². The Morgan fingerprint density at radius 3 is 2.25 bits per heavy atom. The first kappa shape index (κ1) is 14.1. The summed E-state index contributed by atoms with van der Waals surface area (Å²) in [5.41, 5.74) is 1.54. The molecule has 2 unspecified atom stereocenters. The van der Waals surface area contributed by atoms with Gasteiger partial charge in [0.15, 0.2) is 9.84 Å². The van der Waals surface area contributed by atoms with Crippen LogP contribution in [0.15, 0.2) is 0 Å². The van der Waals surface area contributed by atoms with E-state index in [2.05, 4.69) is 5.10 Å². The molecule has 0 saturated carbocycles. The number of aromatic nitrogens is 2. The highest BCUT2D eigenvalue weighted by molar-refractivity contribution is 7.92. The summed E-state index contributed by atoms with van der Waals surface area (Å²) in [7, 11) is -1.19. The van der Waals surface area contributed by atoms with Crippen molar-refractivity contribution < 1.29 is 13.5 Å². The second-order valence-corrected chi connectivity index (χ2v) is 8.88. The van der Waals surface area contributed by atoms with E-state index in [1.165, 1.54) is 0 Å². The van der Waals surface area contributed by atoms with Crippen LogP contribution in [-0.4, -0.2) is 33.8 Å². The fraction of sp³-hybridized carbons (Fsp3) is 0.786. The van der Waals surface area contributed by atoms with Gasteiger partial charge in [-0.3, -0.25) is 4.68 Å². The number of aryl methyl sites for hydroxylation is 2. The van der Waals surface area contributed by atoms with E-state index >= 15 is 0 Å². The normalized spacial score (nSPS) is 36.0.